The Morgan fingerprint density at radius 1 is 1.00 bits per heavy atom. The van der Waals surface area contributed by atoms with Crippen LogP contribution < -0.4 is 10.1 Å². The van der Waals surface area contributed by atoms with Crippen LogP contribution in [0.5, 0.6) is 5.75 Å². The second-order valence-corrected chi connectivity index (χ2v) is 8.53. The van der Waals surface area contributed by atoms with Gasteiger partial charge in [0.2, 0.25) is 5.91 Å². The van der Waals surface area contributed by atoms with Crippen molar-refractivity contribution in [3.63, 3.8) is 0 Å². The summed E-state index contributed by atoms with van der Waals surface area (Å²) in [4.78, 5) is 38.7. The molecular formula is C26H22N2O4S. The van der Waals surface area contributed by atoms with E-state index in [2.05, 4.69) is 5.32 Å². The molecule has 0 atom stereocenters. The van der Waals surface area contributed by atoms with E-state index in [0.29, 0.717) is 18.0 Å². The molecule has 4 rings (SSSR count). The molecule has 0 bridgehead atoms. The van der Waals surface area contributed by atoms with Crippen molar-refractivity contribution >= 4 is 40.6 Å². The summed E-state index contributed by atoms with van der Waals surface area (Å²) < 4.78 is 5.83. The molecule has 6 nitrogen and oxygen atoms in total. The van der Waals surface area contributed by atoms with Gasteiger partial charge in [-0.3, -0.25) is 19.3 Å². The van der Waals surface area contributed by atoms with E-state index >= 15 is 0 Å². The Bertz CT molecular complexity index is 1220. The Morgan fingerprint density at radius 3 is 2.58 bits per heavy atom. The zero-order valence-electron chi connectivity index (χ0n) is 18.0. The molecule has 0 saturated carbocycles. The maximum atomic E-state index is 12.8. The van der Waals surface area contributed by atoms with Crippen molar-refractivity contribution < 1.29 is 19.1 Å². The van der Waals surface area contributed by atoms with Crippen LogP contribution in [0.25, 0.3) is 6.08 Å². The highest BCUT2D eigenvalue weighted by atomic mass is 32.2. The number of anilines is 1. The van der Waals surface area contributed by atoms with Gasteiger partial charge in [-0.1, -0.05) is 54.6 Å². The van der Waals surface area contributed by atoms with Gasteiger partial charge in [0, 0.05) is 5.69 Å². The molecule has 1 fully saturated rings. The zero-order chi connectivity index (χ0) is 23.2. The van der Waals surface area contributed by atoms with Crippen molar-refractivity contribution in [3.05, 3.63) is 100 Å². The quantitative estimate of drug-likeness (QED) is 0.490. The summed E-state index contributed by atoms with van der Waals surface area (Å²) >= 11 is 0.821. The number of carbonyl (C=O) groups is 3. The lowest BCUT2D eigenvalue weighted by atomic mass is 10.2. The number of nitrogens with zero attached hydrogens (tertiary/aromatic N) is 1. The van der Waals surface area contributed by atoms with Gasteiger partial charge in [0.25, 0.3) is 11.1 Å². The standard InChI is InChI=1S/C26H22N2O4S/c1-18-7-5-11-21(13-18)27-24(29)16-28-25(30)23(33-26(28)31)15-20-10-6-12-22(14-20)32-17-19-8-3-2-4-9-19/h2-15H,16-17H2,1H3,(H,27,29)/b23-15+. The summed E-state index contributed by atoms with van der Waals surface area (Å²) in [5.74, 6) is -0.259. The fourth-order valence-corrected chi connectivity index (χ4v) is 4.13. The molecule has 1 aliphatic rings. The summed E-state index contributed by atoms with van der Waals surface area (Å²) in [6.45, 7) is 2.01. The first-order valence-corrected chi connectivity index (χ1v) is 11.2. The fourth-order valence-electron chi connectivity index (χ4n) is 3.29. The van der Waals surface area contributed by atoms with E-state index in [9.17, 15) is 14.4 Å². The van der Waals surface area contributed by atoms with E-state index in [0.717, 1.165) is 33.4 Å². The van der Waals surface area contributed by atoms with E-state index in [-0.39, 0.29) is 11.4 Å². The van der Waals surface area contributed by atoms with Crippen molar-refractivity contribution in [3.8, 4) is 5.75 Å². The van der Waals surface area contributed by atoms with E-state index in [4.69, 9.17) is 4.74 Å². The van der Waals surface area contributed by atoms with Crippen molar-refractivity contribution in [2.75, 3.05) is 11.9 Å². The Hall–Kier alpha value is -3.84. The maximum Gasteiger partial charge on any atom is 0.294 e. The minimum atomic E-state index is -0.486. The number of thioether (sulfide) groups is 1. The third-order valence-corrected chi connectivity index (χ3v) is 5.79. The predicted molar refractivity (Wildman–Crippen MR) is 130 cm³/mol. The molecule has 1 saturated heterocycles. The lowest BCUT2D eigenvalue weighted by Gasteiger charge is -2.12. The van der Waals surface area contributed by atoms with Gasteiger partial charge in [-0.15, -0.1) is 0 Å². The number of aryl methyl sites for hydroxylation is 1. The number of amides is 3. The van der Waals surface area contributed by atoms with Gasteiger partial charge in [-0.2, -0.15) is 0 Å². The second-order valence-electron chi connectivity index (χ2n) is 7.53. The first kappa shape index (κ1) is 22.4. The first-order valence-electron chi connectivity index (χ1n) is 10.4. The third-order valence-electron chi connectivity index (χ3n) is 4.88. The molecule has 0 radical (unpaired) electrons. The van der Waals surface area contributed by atoms with Gasteiger partial charge in [0.1, 0.15) is 18.9 Å². The molecule has 1 heterocycles. The molecule has 0 aromatic heterocycles. The van der Waals surface area contributed by atoms with Crippen LogP contribution in [-0.2, 0) is 16.2 Å². The van der Waals surface area contributed by atoms with E-state index in [1.54, 1.807) is 18.2 Å². The second kappa shape index (κ2) is 10.2. The molecule has 3 aromatic rings. The van der Waals surface area contributed by atoms with E-state index in [1.165, 1.54) is 0 Å². The molecule has 0 aliphatic carbocycles. The molecule has 0 spiro atoms. The Balaban J connectivity index is 1.40. The number of rotatable bonds is 7. The summed E-state index contributed by atoms with van der Waals surface area (Å²) in [6.07, 6.45) is 1.64. The summed E-state index contributed by atoms with van der Waals surface area (Å²) in [5.41, 5.74) is 3.40. The molecule has 3 aromatic carbocycles. The van der Waals surface area contributed by atoms with E-state index < -0.39 is 17.1 Å². The smallest absolute Gasteiger partial charge is 0.294 e. The average molecular weight is 459 g/mol. The van der Waals surface area contributed by atoms with Crippen LogP contribution in [0.1, 0.15) is 16.7 Å². The van der Waals surface area contributed by atoms with Crippen molar-refractivity contribution in [2.24, 2.45) is 0 Å². The number of hydrogen-bond acceptors (Lipinski definition) is 5. The number of benzene rings is 3. The van der Waals surface area contributed by atoms with Crippen LogP contribution in [-0.4, -0.2) is 28.5 Å². The lowest BCUT2D eigenvalue weighted by molar-refractivity contribution is -0.127. The minimum Gasteiger partial charge on any atom is -0.489 e. The van der Waals surface area contributed by atoms with Gasteiger partial charge in [0.15, 0.2) is 0 Å². The number of ether oxygens (including phenoxy) is 1. The average Bonchev–Trinajstić information content (AvgIpc) is 3.06. The van der Waals surface area contributed by atoms with Crippen LogP contribution in [0.3, 0.4) is 0 Å². The predicted octanol–water partition coefficient (Wildman–Crippen LogP) is 5.25. The van der Waals surface area contributed by atoms with Gasteiger partial charge in [0.05, 0.1) is 4.91 Å². The maximum absolute atomic E-state index is 12.8. The van der Waals surface area contributed by atoms with Crippen molar-refractivity contribution in [1.82, 2.24) is 4.90 Å². The third kappa shape index (κ3) is 5.90. The van der Waals surface area contributed by atoms with Gasteiger partial charge in [-0.05, 0) is 65.7 Å². The van der Waals surface area contributed by atoms with Crippen LogP contribution in [0.15, 0.2) is 83.8 Å². The van der Waals surface area contributed by atoms with E-state index in [1.807, 2.05) is 73.7 Å². The normalized spacial score (nSPS) is 14.6. The highest BCUT2D eigenvalue weighted by molar-refractivity contribution is 8.18. The molecule has 1 N–H and O–H groups in total. The number of nitrogens with one attached hydrogen (secondary N) is 1. The van der Waals surface area contributed by atoms with Crippen molar-refractivity contribution in [2.45, 2.75) is 13.5 Å². The fraction of sp³-hybridized carbons (Fsp3) is 0.115. The summed E-state index contributed by atoms with van der Waals surface area (Å²) in [5, 5.41) is 2.25. The number of imide groups is 1. The highest BCUT2D eigenvalue weighted by Gasteiger charge is 2.36. The van der Waals surface area contributed by atoms with Crippen LogP contribution in [0, 0.1) is 6.92 Å². The number of carbonyl (C=O) groups excluding carboxylic acids is 3. The molecule has 33 heavy (non-hydrogen) atoms. The molecular weight excluding hydrogens is 436 g/mol. The summed E-state index contributed by atoms with van der Waals surface area (Å²) in [6, 6.07) is 24.4. The Kier molecular flexibility index (Phi) is 6.90. The van der Waals surface area contributed by atoms with Crippen LogP contribution in [0.2, 0.25) is 0 Å². The Labute approximate surface area is 196 Å². The topological polar surface area (TPSA) is 75.7 Å². The molecule has 7 heteroatoms. The molecule has 166 valence electrons. The van der Waals surface area contributed by atoms with Gasteiger partial charge < -0.3 is 10.1 Å². The molecule has 3 amide bonds. The number of hydrogen-bond donors (Lipinski definition) is 1. The largest absolute Gasteiger partial charge is 0.489 e. The van der Waals surface area contributed by atoms with Gasteiger partial charge >= 0.3 is 0 Å². The van der Waals surface area contributed by atoms with Crippen LogP contribution in [0.4, 0.5) is 10.5 Å². The van der Waals surface area contributed by atoms with Gasteiger partial charge in [-0.25, -0.2) is 0 Å². The summed E-state index contributed by atoms with van der Waals surface area (Å²) in [7, 11) is 0. The minimum absolute atomic E-state index is 0.267. The van der Waals surface area contributed by atoms with Crippen LogP contribution >= 0.6 is 11.8 Å². The Morgan fingerprint density at radius 2 is 1.79 bits per heavy atom. The zero-order valence-corrected chi connectivity index (χ0v) is 18.8. The highest BCUT2D eigenvalue weighted by Crippen LogP contribution is 2.32. The molecule has 0 unspecified atom stereocenters. The first-order chi connectivity index (χ1) is 16.0. The SMILES string of the molecule is Cc1cccc(NC(=O)CN2C(=O)S/C(=C/c3cccc(OCc4ccccc4)c3)C2=O)c1. The van der Waals surface area contributed by atoms with Crippen molar-refractivity contribution in [1.29, 1.82) is 0 Å². The monoisotopic (exact) mass is 458 g/mol. The molecule has 1 aliphatic heterocycles. The lowest BCUT2D eigenvalue weighted by Crippen LogP contribution is -2.36.